The summed E-state index contributed by atoms with van der Waals surface area (Å²) in [6, 6.07) is 12.5. The van der Waals surface area contributed by atoms with Gasteiger partial charge < -0.3 is 0 Å². The Kier molecular flexibility index (Phi) is 4.24. The van der Waals surface area contributed by atoms with Gasteiger partial charge in [0.2, 0.25) is 0 Å². The van der Waals surface area contributed by atoms with Gasteiger partial charge in [-0.05, 0) is 35.0 Å². The van der Waals surface area contributed by atoms with E-state index in [0.29, 0.717) is 0 Å². The number of aromatic nitrogens is 1. The molecule has 0 N–H and O–H groups in total. The molecule has 0 amide bonds. The topological polar surface area (TPSA) is 12.9 Å². The molecule has 0 spiro atoms. The normalized spacial score (nSPS) is 9.88. The number of hydrogen-bond donors (Lipinski definition) is 0. The van der Waals surface area contributed by atoms with E-state index < -0.39 is 0 Å². The van der Waals surface area contributed by atoms with Crippen LogP contribution in [0.15, 0.2) is 53.4 Å². The van der Waals surface area contributed by atoms with Gasteiger partial charge in [0, 0.05) is 36.7 Å². The minimum atomic E-state index is 0. The van der Waals surface area contributed by atoms with Gasteiger partial charge in [-0.25, -0.2) is 0 Å². The number of hydrogen-bond acceptors (Lipinski definition) is 3. The molecule has 3 aromatic heterocycles. The maximum Gasteiger partial charge on any atom is 0.0888 e. The summed E-state index contributed by atoms with van der Waals surface area (Å²) in [5, 5.41) is 4.18. The van der Waals surface area contributed by atoms with Crippen LogP contribution in [0.5, 0.6) is 0 Å². The van der Waals surface area contributed by atoms with E-state index in [1.165, 1.54) is 15.3 Å². The van der Waals surface area contributed by atoms with E-state index in [2.05, 4.69) is 46.1 Å². The molecule has 1 radical (unpaired) electrons. The smallest absolute Gasteiger partial charge is 0.0888 e. The van der Waals surface area contributed by atoms with Crippen molar-refractivity contribution in [2.75, 3.05) is 0 Å². The van der Waals surface area contributed by atoms with Gasteiger partial charge in [-0.15, -0.1) is 22.7 Å². The molecule has 0 bridgehead atoms. The fraction of sp³-hybridized carbons (Fsp3) is 0. The van der Waals surface area contributed by atoms with E-state index in [1.807, 2.05) is 12.3 Å². The predicted octanol–water partition coefficient (Wildman–Crippen LogP) is 4.54. The van der Waals surface area contributed by atoms with E-state index in [9.17, 15) is 0 Å². The van der Waals surface area contributed by atoms with Crippen molar-refractivity contribution in [1.82, 2.24) is 4.98 Å². The van der Waals surface area contributed by atoms with Gasteiger partial charge in [-0.1, -0.05) is 12.1 Å². The second-order valence-electron chi connectivity index (χ2n) is 3.35. The number of rotatable bonds is 2. The van der Waals surface area contributed by atoms with Gasteiger partial charge in [-0.2, -0.15) is 0 Å². The fourth-order valence-electron chi connectivity index (χ4n) is 1.65. The van der Waals surface area contributed by atoms with Gasteiger partial charge in [-0.3, -0.25) is 4.98 Å². The summed E-state index contributed by atoms with van der Waals surface area (Å²) < 4.78 is 0. The van der Waals surface area contributed by atoms with Crippen molar-refractivity contribution in [3.8, 4) is 21.0 Å². The van der Waals surface area contributed by atoms with Crippen molar-refractivity contribution in [3.05, 3.63) is 53.4 Å². The molecule has 0 aliphatic rings. The number of thiophene rings is 2. The zero-order chi connectivity index (χ0) is 10.8. The SMILES string of the molecule is [Ir].c1csc(-c2cccnc2-c2cccs2)c1. The van der Waals surface area contributed by atoms with Crippen LogP contribution in [0.1, 0.15) is 0 Å². The Morgan fingerprint density at radius 3 is 2.18 bits per heavy atom. The summed E-state index contributed by atoms with van der Waals surface area (Å²) in [5.74, 6) is 0. The second-order valence-corrected chi connectivity index (χ2v) is 5.25. The largest absolute Gasteiger partial charge is 0.255 e. The molecule has 0 saturated heterocycles. The first-order chi connectivity index (χ1) is 7.95. The second kappa shape index (κ2) is 5.69. The third kappa shape index (κ3) is 2.55. The van der Waals surface area contributed by atoms with Crippen molar-refractivity contribution < 1.29 is 20.1 Å². The third-order valence-corrected chi connectivity index (χ3v) is 4.13. The first-order valence-corrected chi connectivity index (χ1v) is 6.74. The van der Waals surface area contributed by atoms with Crippen LogP contribution in [0.2, 0.25) is 0 Å². The van der Waals surface area contributed by atoms with Gasteiger partial charge in [0.25, 0.3) is 0 Å². The molecule has 3 rings (SSSR count). The van der Waals surface area contributed by atoms with Crippen LogP contribution in [0.25, 0.3) is 21.0 Å². The molecular weight excluding hydrogens is 427 g/mol. The molecular formula is C13H9IrNS2. The standard InChI is InChI=1S/C13H9NS2.Ir/c1-4-10(11-5-2-8-15-11)13(14-7-1)12-6-3-9-16-12;/h1-9H;. The molecule has 0 aliphatic carbocycles. The summed E-state index contributed by atoms with van der Waals surface area (Å²) in [7, 11) is 0. The van der Waals surface area contributed by atoms with Crippen molar-refractivity contribution in [2.45, 2.75) is 0 Å². The first-order valence-electron chi connectivity index (χ1n) is 4.98. The molecule has 87 valence electrons. The summed E-state index contributed by atoms with van der Waals surface area (Å²) >= 11 is 3.48. The van der Waals surface area contributed by atoms with Crippen molar-refractivity contribution in [3.63, 3.8) is 0 Å². The Morgan fingerprint density at radius 2 is 1.53 bits per heavy atom. The fourth-order valence-corrected chi connectivity index (χ4v) is 3.13. The Morgan fingerprint density at radius 1 is 0.824 bits per heavy atom. The summed E-state index contributed by atoms with van der Waals surface area (Å²) in [6.45, 7) is 0. The minimum Gasteiger partial charge on any atom is -0.255 e. The quantitative estimate of drug-likeness (QED) is 0.576. The summed E-state index contributed by atoms with van der Waals surface area (Å²) in [6.07, 6.45) is 1.85. The molecule has 3 heterocycles. The maximum atomic E-state index is 4.49. The monoisotopic (exact) mass is 436 g/mol. The van der Waals surface area contributed by atoms with Crippen LogP contribution in [-0.4, -0.2) is 4.98 Å². The van der Waals surface area contributed by atoms with Crippen molar-refractivity contribution in [2.24, 2.45) is 0 Å². The number of nitrogens with zero attached hydrogens (tertiary/aromatic N) is 1. The molecule has 3 aromatic rings. The average molecular weight is 436 g/mol. The van der Waals surface area contributed by atoms with Crippen LogP contribution in [0.3, 0.4) is 0 Å². The zero-order valence-corrected chi connectivity index (χ0v) is 12.8. The molecule has 0 atom stereocenters. The van der Waals surface area contributed by atoms with Gasteiger partial charge in [0.15, 0.2) is 0 Å². The molecule has 0 aromatic carbocycles. The molecule has 0 aliphatic heterocycles. The van der Waals surface area contributed by atoms with E-state index in [-0.39, 0.29) is 20.1 Å². The Balaban J connectivity index is 0.00000108. The first kappa shape index (κ1) is 12.7. The maximum absolute atomic E-state index is 4.49. The molecule has 1 nitrogen and oxygen atoms in total. The van der Waals surface area contributed by atoms with Gasteiger partial charge in [0.05, 0.1) is 10.6 Å². The predicted molar refractivity (Wildman–Crippen MR) is 70.9 cm³/mol. The summed E-state index contributed by atoms with van der Waals surface area (Å²) in [4.78, 5) is 6.99. The number of pyridine rings is 1. The summed E-state index contributed by atoms with van der Waals surface area (Å²) in [5.41, 5.74) is 2.31. The molecule has 0 fully saturated rings. The van der Waals surface area contributed by atoms with Crippen LogP contribution in [0, 0.1) is 0 Å². The van der Waals surface area contributed by atoms with Gasteiger partial charge in [0.1, 0.15) is 0 Å². The van der Waals surface area contributed by atoms with Crippen LogP contribution in [-0.2, 0) is 20.1 Å². The van der Waals surface area contributed by atoms with Crippen LogP contribution in [0.4, 0.5) is 0 Å². The van der Waals surface area contributed by atoms with E-state index in [1.54, 1.807) is 22.7 Å². The molecule has 0 unspecified atom stereocenters. The minimum absolute atomic E-state index is 0. The van der Waals surface area contributed by atoms with Crippen molar-refractivity contribution >= 4 is 22.7 Å². The zero-order valence-electron chi connectivity index (χ0n) is 8.79. The van der Waals surface area contributed by atoms with E-state index >= 15 is 0 Å². The third-order valence-electron chi connectivity index (χ3n) is 2.35. The Hall–Kier alpha value is -0.801. The Bertz CT molecular complexity index is 520. The molecule has 0 saturated carbocycles. The van der Waals surface area contributed by atoms with E-state index in [4.69, 9.17) is 0 Å². The van der Waals surface area contributed by atoms with E-state index in [0.717, 1.165) is 5.69 Å². The van der Waals surface area contributed by atoms with Crippen molar-refractivity contribution in [1.29, 1.82) is 0 Å². The van der Waals surface area contributed by atoms with Crippen LogP contribution >= 0.6 is 22.7 Å². The molecule has 17 heavy (non-hydrogen) atoms. The van der Waals surface area contributed by atoms with Gasteiger partial charge >= 0.3 is 0 Å². The molecule has 4 heteroatoms. The van der Waals surface area contributed by atoms with Crippen LogP contribution < -0.4 is 0 Å². The Labute approximate surface area is 122 Å². The average Bonchev–Trinajstić information content (AvgIpc) is 3.03.